The van der Waals surface area contributed by atoms with Crippen LogP contribution in [-0.4, -0.2) is 47.1 Å². The Morgan fingerprint density at radius 3 is 2.53 bits per heavy atom. The van der Waals surface area contributed by atoms with Crippen molar-refractivity contribution in [1.82, 2.24) is 35.0 Å². The zero-order valence-corrected chi connectivity index (χ0v) is 17.8. The molecule has 0 aliphatic rings. The molecule has 2 aromatic carbocycles. The molecule has 3 heterocycles. The van der Waals surface area contributed by atoms with Crippen LogP contribution in [0.15, 0.2) is 60.8 Å². The molecule has 3 aromatic heterocycles. The van der Waals surface area contributed by atoms with Crippen molar-refractivity contribution in [3.8, 4) is 22.5 Å². The van der Waals surface area contributed by atoms with Crippen LogP contribution in [0.3, 0.4) is 0 Å². The smallest absolute Gasteiger partial charge is 0.235 e. The number of hydrogen-bond donors (Lipinski definition) is 2. The van der Waals surface area contributed by atoms with Crippen LogP contribution >= 0.6 is 0 Å². The molecule has 9 nitrogen and oxygen atoms in total. The molecule has 160 valence electrons. The van der Waals surface area contributed by atoms with Gasteiger partial charge in [0.15, 0.2) is 5.82 Å². The van der Waals surface area contributed by atoms with Gasteiger partial charge in [0, 0.05) is 30.1 Å². The Hall–Kier alpha value is -4.11. The molecule has 0 spiro atoms. The molecule has 2 N–H and O–H groups in total. The fraction of sp³-hybridized carbons (Fsp3) is 0.174. The number of H-pyrrole nitrogens is 1. The fourth-order valence-corrected chi connectivity index (χ4v) is 3.83. The summed E-state index contributed by atoms with van der Waals surface area (Å²) in [6, 6.07) is 18.3. The highest BCUT2D eigenvalue weighted by Crippen LogP contribution is 2.32. The van der Waals surface area contributed by atoms with Crippen LogP contribution in [0.1, 0.15) is 18.3 Å². The van der Waals surface area contributed by atoms with Crippen molar-refractivity contribution in [3.05, 3.63) is 72.2 Å². The second-order valence-corrected chi connectivity index (χ2v) is 7.40. The topological polar surface area (TPSA) is 108 Å². The van der Waals surface area contributed by atoms with Crippen molar-refractivity contribution in [2.45, 2.75) is 20.0 Å². The average molecular weight is 426 g/mol. The molecule has 0 atom stereocenters. The molecule has 0 fully saturated rings. The summed E-state index contributed by atoms with van der Waals surface area (Å²) in [5, 5.41) is 24.1. The van der Waals surface area contributed by atoms with Gasteiger partial charge in [-0.1, -0.05) is 43.3 Å². The van der Waals surface area contributed by atoms with Crippen molar-refractivity contribution in [2.75, 3.05) is 11.9 Å². The number of benzene rings is 2. The van der Waals surface area contributed by atoms with Gasteiger partial charge in [0.2, 0.25) is 5.78 Å². The van der Waals surface area contributed by atoms with Gasteiger partial charge in [-0.3, -0.25) is 4.40 Å². The van der Waals surface area contributed by atoms with E-state index in [2.05, 4.69) is 72.7 Å². The number of imidazole rings is 1. The van der Waals surface area contributed by atoms with Crippen LogP contribution in [0.25, 0.3) is 28.3 Å². The first kappa shape index (κ1) is 19.8. The van der Waals surface area contributed by atoms with Crippen LogP contribution in [0.2, 0.25) is 0 Å². The Kier molecular flexibility index (Phi) is 5.08. The standard InChI is InChI=1S/C23H22N8O/c1-3-16-12-21(31-18(14-32)13-24-23(31)25-16)30(2)17-10-8-15(9-11-17)19-6-4-5-7-20(19)22-26-28-29-27-22/h4-13,32H,3,14H2,1-2H3,(H,26,27,28,29). The molecule has 0 saturated heterocycles. The van der Waals surface area contributed by atoms with Gasteiger partial charge in [-0.2, -0.15) is 0 Å². The van der Waals surface area contributed by atoms with Gasteiger partial charge in [-0.25, -0.2) is 15.1 Å². The largest absolute Gasteiger partial charge is 0.390 e. The van der Waals surface area contributed by atoms with Crippen LogP contribution < -0.4 is 4.90 Å². The fourth-order valence-electron chi connectivity index (χ4n) is 3.83. The lowest BCUT2D eigenvalue weighted by Gasteiger charge is -2.22. The summed E-state index contributed by atoms with van der Waals surface area (Å²) in [4.78, 5) is 11.0. The molecule has 5 rings (SSSR count). The van der Waals surface area contributed by atoms with Crippen LogP contribution in [0.5, 0.6) is 0 Å². The number of aromatic nitrogens is 7. The summed E-state index contributed by atoms with van der Waals surface area (Å²) in [7, 11) is 2.00. The van der Waals surface area contributed by atoms with E-state index in [0.29, 0.717) is 17.3 Å². The van der Waals surface area contributed by atoms with Crippen molar-refractivity contribution >= 4 is 17.3 Å². The van der Waals surface area contributed by atoms with Gasteiger partial charge in [0.05, 0.1) is 18.5 Å². The Bertz CT molecular complexity index is 1360. The van der Waals surface area contributed by atoms with Crippen LogP contribution in [0.4, 0.5) is 11.5 Å². The van der Waals surface area contributed by atoms with Gasteiger partial charge < -0.3 is 10.0 Å². The first-order valence-corrected chi connectivity index (χ1v) is 10.3. The SMILES string of the molecule is CCc1cc(N(C)c2ccc(-c3ccccc3-c3nnn[nH]3)cc2)n2c(CO)cnc2n1. The van der Waals surface area contributed by atoms with E-state index in [9.17, 15) is 5.11 Å². The monoisotopic (exact) mass is 426 g/mol. The Morgan fingerprint density at radius 1 is 1.06 bits per heavy atom. The lowest BCUT2D eigenvalue weighted by atomic mass is 9.99. The molecule has 0 aliphatic heterocycles. The number of aliphatic hydroxyl groups excluding tert-OH is 1. The molecule has 9 heteroatoms. The zero-order chi connectivity index (χ0) is 22.1. The summed E-state index contributed by atoms with van der Waals surface area (Å²) in [6.45, 7) is 1.95. The molecule has 0 amide bonds. The molecule has 5 aromatic rings. The van der Waals surface area contributed by atoms with E-state index in [-0.39, 0.29) is 6.61 Å². The predicted molar refractivity (Wildman–Crippen MR) is 121 cm³/mol. The van der Waals surface area contributed by atoms with Gasteiger partial charge >= 0.3 is 0 Å². The number of tetrazole rings is 1. The van der Waals surface area contributed by atoms with E-state index in [1.54, 1.807) is 6.20 Å². The van der Waals surface area contributed by atoms with E-state index in [1.807, 2.05) is 35.7 Å². The lowest BCUT2D eigenvalue weighted by molar-refractivity contribution is 0.276. The quantitative estimate of drug-likeness (QED) is 0.428. The van der Waals surface area contributed by atoms with Crippen molar-refractivity contribution < 1.29 is 5.11 Å². The predicted octanol–water partition coefficient (Wildman–Crippen LogP) is 3.40. The number of nitrogens with zero attached hydrogens (tertiary/aromatic N) is 7. The summed E-state index contributed by atoms with van der Waals surface area (Å²) in [6.07, 6.45) is 2.46. The van der Waals surface area contributed by atoms with Crippen molar-refractivity contribution in [1.29, 1.82) is 0 Å². The highest BCUT2D eigenvalue weighted by molar-refractivity contribution is 5.81. The third kappa shape index (κ3) is 3.38. The number of nitrogens with one attached hydrogen (secondary N) is 1. The Labute approximate surface area is 184 Å². The molecule has 0 bridgehead atoms. The molecular formula is C23H22N8O. The van der Waals surface area contributed by atoms with Crippen molar-refractivity contribution in [3.63, 3.8) is 0 Å². The average Bonchev–Trinajstić information content (AvgIpc) is 3.53. The number of aliphatic hydroxyl groups is 1. The lowest BCUT2D eigenvalue weighted by Crippen LogP contribution is -2.15. The van der Waals surface area contributed by atoms with E-state index in [1.165, 1.54) is 0 Å². The highest BCUT2D eigenvalue weighted by Gasteiger charge is 2.16. The molecule has 0 aliphatic carbocycles. The number of anilines is 2. The van der Waals surface area contributed by atoms with Gasteiger partial charge in [0.25, 0.3) is 0 Å². The van der Waals surface area contributed by atoms with E-state index in [0.717, 1.165) is 40.3 Å². The first-order valence-electron chi connectivity index (χ1n) is 10.3. The molecular weight excluding hydrogens is 404 g/mol. The number of aryl methyl sites for hydroxylation is 1. The number of aromatic amines is 1. The summed E-state index contributed by atoms with van der Waals surface area (Å²) < 4.78 is 1.89. The minimum absolute atomic E-state index is 0.110. The minimum atomic E-state index is -0.110. The maximum atomic E-state index is 9.77. The first-order chi connectivity index (χ1) is 15.7. The van der Waals surface area contributed by atoms with Crippen LogP contribution in [-0.2, 0) is 13.0 Å². The second-order valence-electron chi connectivity index (χ2n) is 7.40. The van der Waals surface area contributed by atoms with Gasteiger partial charge in [-0.15, -0.1) is 5.10 Å². The maximum Gasteiger partial charge on any atom is 0.235 e. The van der Waals surface area contributed by atoms with E-state index in [4.69, 9.17) is 0 Å². The minimum Gasteiger partial charge on any atom is -0.390 e. The number of hydrogen-bond acceptors (Lipinski definition) is 7. The van der Waals surface area contributed by atoms with Crippen molar-refractivity contribution in [2.24, 2.45) is 0 Å². The Balaban J connectivity index is 1.54. The maximum absolute atomic E-state index is 9.77. The molecule has 0 saturated carbocycles. The third-order valence-corrected chi connectivity index (χ3v) is 5.55. The van der Waals surface area contributed by atoms with Gasteiger partial charge in [-0.05, 0) is 40.1 Å². The third-order valence-electron chi connectivity index (χ3n) is 5.55. The molecule has 0 unspecified atom stereocenters. The normalized spacial score (nSPS) is 11.2. The Morgan fingerprint density at radius 2 is 1.84 bits per heavy atom. The molecule has 0 radical (unpaired) electrons. The highest BCUT2D eigenvalue weighted by atomic mass is 16.3. The summed E-state index contributed by atoms with van der Waals surface area (Å²) in [5.74, 6) is 2.11. The van der Waals surface area contributed by atoms with Crippen LogP contribution in [0, 0.1) is 0 Å². The number of rotatable bonds is 6. The van der Waals surface area contributed by atoms with Gasteiger partial charge in [0.1, 0.15) is 5.82 Å². The summed E-state index contributed by atoms with van der Waals surface area (Å²) in [5.41, 5.74) is 5.68. The summed E-state index contributed by atoms with van der Waals surface area (Å²) >= 11 is 0. The second kappa shape index (κ2) is 8.20. The zero-order valence-electron chi connectivity index (χ0n) is 17.8. The molecule has 32 heavy (non-hydrogen) atoms. The number of fused-ring (bicyclic) bond motifs is 1. The van der Waals surface area contributed by atoms with E-state index < -0.39 is 0 Å². The van der Waals surface area contributed by atoms with E-state index >= 15 is 0 Å².